The van der Waals surface area contributed by atoms with E-state index in [0.29, 0.717) is 12.0 Å². The third-order valence-corrected chi connectivity index (χ3v) is 6.55. The molecule has 9 heteroatoms. The molecule has 3 rings (SSSR count). The standard InChI is InChI=1S/C24H42N6O2.HI/c1-6-28-9-11-29(12-10-28)17-19(2)16-26-24(25-3)27-20-7-8-30(18-20)21-13-22(31-4)15-23(14-21)32-5;/h13-15,19-20H,6-12,16-18H2,1-5H3,(H2,25,26,27);1H. The van der Waals surface area contributed by atoms with E-state index < -0.39 is 0 Å². The molecule has 0 aromatic heterocycles. The molecule has 33 heavy (non-hydrogen) atoms. The van der Waals surface area contributed by atoms with Crippen molar-refractivity contribution in [2.45, 2.75) is 26.3 Å². The maximum absolute atomic E-state index is 5.43. The Kier molecular flexibility index (Phi) is 11.8. The van der Waals surface area contributed by atoms with Crippen molar-refractivity contribution >= 4 is 35.6 Å². The molecule has 0 spiro atoms. The molecule has 2 N–H and O–H groups in total. The topological polar surface area (TPSA) is 64.6 Å². The Morgan fingerprint density at radius 2 is 1.70 bits per heavy atom. The van der Waals surface area contributed by atoms with Crippen LogP contribution in [0.2, 0.25) is 0 Å². The van der Waals surface area contributed by atoms with Crippen LogP contribution in [0.5, 0.6) is 11.5 Å². The molecule has 1 aromatic carbocycles. The van der Waals surface area contributed by atoms with Crippen LogP contribution in [-0.2, 0) is 0 Å². The zero-order chi connectivity index (χ0) is 22.9. The third-order valence-electron chi connectivity index (χ3n) is 6.55. The van der Waals surface area contributed by atoms with Crippen LogP contribution in [0, 0.1) is 5.92 Å². The van der Waals surface area contributed by atoms with Crippen LogP contribution >= 0.6 is 24.0 Å². The van der Waals surface area contributed by atoms with Gasteiger partial charge in [-0.1, -0.05) is 13.8 Å². The van der Waals surface area contributed by atoms with Crippen LogP contribution in [0.25, 0.3) is 0 Å². The van der Waals surface area contributed by atoms with Gasteiger partial charge >= 0.3 is 0 Å². The first-order valence-corrected chi connectivity index (χ1v) is 11.9. The zero-order valence-corrected chi connectivity index (χ0v) is 23.3. The van der Waals surface area contributed by atoms with Crippen LogP contribution < -0.4 is 25.0 Å². The molecular weight excluding hydrogens is 531 g/mol. The molecule has 2 heterocycles. The number of benzene rings is 1. The lowest BCUT2D eigenvalue weighted by Gasteiger charge is -2.35. The number of guanidine groups is 1. The number of likely N-dealkylation sites (N-methyl/N-ethyl adjacent to an activating group) is 1. The molecule has 2 fully saturated rings. The van der Waals surface area contributed by atoms with Crippen molar-refractivity contribution in [1.82, 2.24) is 20.4 Å². The first kappa shape index (κ1) is 27.8. The van der Waals surface area contributed by atoms with E-state index in [0.717, 1.165) is 62.3 Å². The van der Waals surface area contributed by atoms with E-state index in [1.54, 1.807) is 14.2 Å². The minimum atomic E-state index is 0. The number of methoxy groups -OCH3 is 2. The SMILES string of the molecule is CCN1CCN(CC(C)CNC(=NC)NC2CCN(c3cc(OC)cc(OC)c3)C2)CC1.I. The second-order valence-corrected chi connectivity index (χ2v) is 8.94. The first-order chi connectivity index (χ1) is 15.5. The maximum atomic E-state index is 5.43. The minimum absolute atomic E-state index is 0. The molecule has 1 aromatic rings. The largest absolute Gasteiger partial charge is 0.497 e. The fourth-order valence-corrected chi connectivity index (χ4v) is 4.54. The van der Waals surface area contributed by atoms with Crippen molar-refractivity contribution in [2.75, 3.05) is 85.1 Å². The molecule has 0 aliphatic carbocycles. The normalized spacial score (nSPS) is 20.8. The van der Waals surface area contributed by atoms with Crippen molar-refractivity contribution in [3.63, 3.8) is 0 Å². The third kappa shape index (κ3) is 8.36. The lowest BCUT2D eigenvalue weighted by Crippen LogP contribution is -2.49. The smallest absolute Gasteiger partial charge is 0.191 e. The van der Waals surface area contributed by atoms with E-state index in [4.69, 9.17) is 9.47 Å². The van der Waals surface area contributed by atoms with Crippen molar-refractivity contribution in [3.05, 3.63) is 18.2 Å². The number of hydrogen-bond acceptors (Lipinski definition) is 6. The molecule has 0 amide bonds. The maximum Gasteiger partial charge on any atom is 0.191 e. The van der Waals surface area contributed by atoms with Gasteiger partial charge in [0.25, 0.3) is 0 Å². The molecule has 2 aliphatic heterocycles. The second-order valence-electron chi connectivity index (χ2n) is 8.94. The quantitative estimate of drug-likeness (QED) is 0.267. The van der Waals surface area contributed by atoms with Crippen molar-refractivity contribution in [2.24, 2.45) is 10.9 Å². The molecule has 2 unspecified atom stereocenters. The molecular formula is C24H43IN6O2. The summed E-state index contributed by atoms with van der Waals surface area (Å²) in [5.74, 6) is 3.10. The van der Waals surface area contributed by atoms with Crippen LogP contribution in [0.4, 0.5) is 5.69 Å². The number of piperazine rings is 1. The predicted octanol–water partition coefficient (Wildman–Crippen LogP) is 2.34. The predicted molar refractivity (Wildman–Crippen MR) is 148 cm³/mol. The van der Waals surface area contributed by atoms with E-state index in [2.05, 4.69) is 56.3 Å². The van der Waals surface area contributed by atoms with Crippen molar-refractivity contribution in [3.8, 4) is 11.5 Å². The molecule has 0 radical (unpaired) electrons. The lowest BCUT2D eigenvalue weighted by atomic mass is 10.1. The van der Waals surface area contributed by atoms with Gasteiger partial charge in [-0.15, -0.1) is 24.0 Å². The number of halogens is 1. The summed E-state index contributed by atoms with van der Waals surface area (Å²) in [5, 5.41) is 7.15. The number of anilines is 1. The second kappa shape index (κ2) is 14.1. The summed E-state index contributed by atoms with van der Waals surface area (Å²) in [6.45, 7) is 14.5. The molecule has 2 aliphatic rings. The van der Waals surface area contributed by atoms with Gasteiger partial charge in [0.05, 0.1) is 14.2 Å². The summed E-state index contributed by atoms with van der Waals surface area (Å²) in [6, 6.07) is 6.40. The Bertz CT molecular complexity index is 719. The minimum Gasteiger partial charge on any atom is -0.497 e. The number of aliphatic imine (C=N–C) groups is 1. The fourth-order valence-electron chi connectivity index (χ4n) is 4.54. The van der Waals surface area contributed by atoms with Gasteiger partial charge in [0.2, 0.25) is 0 Å². The monoisotopic (exact) mass is 574 g/mol. The van der Waals surface area contributed by atoms with Gasteiger partial charge in [0, 0.05) is 89.3 Å². The Morgan fingerprint density at radius 3 is 2.27 bits per heavy atom. The lowest BCUT2D eigenvalue weighted by molar-refractivity contribution is 0.124. The fraction of sp³-hybridized carbons (Fsp3) is 0.708. The summed E-state index contributed by atoms with van der Waals surface area (Å²) in [4.78, 5) is 11.9. The summed E-state index contributed by atoms with van der Waals surface area (Å²) < 4.78 is 10.9. The summed E-state index contributed by atoms with van der Waals surface area (Å²) in [5.41, 5.74) is 1.13. The highest BCUT2D eigenvalue weighted by Crippen LogP contribution is 2.30. The Morgan fingerprint density at radius 1 is 1.06 bits per heavy atom. The highest BCUT2D eigenvalue weighted by atomic mass is 127. The van der Waals surface area contributed by atoms with Gasteiger partial charge in [-0.05, 0) is 18.9 Å². The molecule has 0 saturated carbocycles. The summed E-state index contributed by atoms with van der Waals surface area (Å²) >= 11 is 0. The Balaban J connectivity index is 0.00000385. The van der Waals surface area contributed by atoms with Gasteiger partial charge in [0.1, 0.15) is 11.5 Å². The van der Waals surface area contributed by atoms with Crippen molar-refractivity contribution in [1.29, 1.82) is 0 Å². The Labute approximate surface area is 217 Å². The average molecular weight is 575 g/mol. The Hall–Kier alpha value is -1.46. The number of nitrogens with one attached hydrogen (secondary N) is 2. The van der Waals surface area contributed by atoms with E-state index in [9.17, 15) is 0 Å². The van der Waals surface area contributed by atoms with E-state index in [-0.39, 0.29) is 24.0 Å². The number of rotatable bonds is 9. The molecule has 2 saturated heterocycles. The molecule has 0 bridgehead atoms. The van der Waals surface area contributed by atoms with E-state index >= 15 is 0 Å². The average Bonchev–Trinajstić information content (AvgIpc) is 3.30. The van der Waals surface area contributed by atoms with Gasteiger partial charge in [-0.3, -0.25) is 4.99 Å². The zero-order valence-electron chi connectivity index (χ0n) is 21.0. The van der Waals surface area contributed by atoms with Gasteiger partial charge in [0.15, 0.2) is 5.96 Å². The van der Waals surface area contributed by atoms with Crippen LogP contribution in [0.1, 0.15) is 20.3 Å². The number of hydrogen-bond donors (Lipinski definition) is 2. The first-order valence-electron chi connectivity index (χ1n) is 11.9. The van der Waals surface area contributed by atoms with Gasteiger partial charge in [-0.25, -0.2) is 0 Å². The van der Waals surface area contributed by atoms with E-state index in [1.807, 2.05) is 13.1 Å². The summed E-state index contributed by atoms with van der Waals surface area (Å²) in [7, 11) is 5.23. The molecule has 188 valence electrons. The molecule has 8 nitrogen and oxygen atoms in total. The number of ether oxygens (including phenoxy) is 2. The summed E-state index contributed by atoms with van der Waals surface area (Å²) in [6.07, 6.45) is 1.07. The van der Waals surface area contributed by atoms with Crippen LogP contribution in [-0.4, -0.2) is 102 Å². The number of nitrogens with zero attached hydrogens (tertiary/aromatic N) is 4. The highest BCUT2D eigenvalue weighted by molar-refractivity contribution is 14.0. The molecule has 2 atom stereocenters. The van der Waals surface area contributed by atoms with Crippen molar-refractivity contribution < 1.29 is 9.47 Å². The van der Waals surface area contributed by atoms with Gasteiger partial charge in [-0.2, -0.15) is 0 Å². The van der Waals surface area contributed by atoms with Gasteiger partial charge < -0.3 is 34.8 Å². The highest BCUT2D eigenvalue weighted by Gasteiger charge is 2.24. The van der Waals surface area contributed by atoms with Crippen LogP contribution in [0.15, 0.2) is 23.2 Å². The van der Waals surface area contributed by atoms with E-state index in [1.165, 1.54) is 26.2 Å². The van der Waals surface area contributed by atoms with Crippen LogP contribution in [0.3, 0.4) is 0 Å².